The van der Waals surface area contributed by atoms with E-state index in [1.165, 1.54) is 28.7 Å². The first-order valence-electron chi connectivity index (χ1n) is 8.88. The van der Waals surface area contributed by atoms with Crippen LogP contribution in [0.25, 0.3) is 21.3 Å². The standard InChI is InChI=1S/C20H19N3O2S2/c1-13-4-6-14(7-5-13)16-12-27-18-17(16)19(24)23(11-15-3-2-9-25-15)20(22-18)26-10-8-21/h4-7,12,15H,2-3,9-11H2,1H3/t15-/m0/s1. The highest BCUT2D eigenvalue weighted by molar-refractivity contribution is 7.99. The number of ether oxygens (including phenoxy) is 1. The lowest BCUT2D eigenvalue weighted by molar-refractivity contribution is 0.0937. The zero-order valence-corrected chi connectivity index (χ0v) is 16.6. The Bertz CT molecular complexity index is 1060. The molecule has 7 heteroatoms. The first-order valence-corrected chi connectivity index (χ1v) is 10.7. The van der Waals surface area contributed by atoms with Crippen molar-refractivity contribution in [2.75, 3.05) is 12.4 Å². The number of aromatic nitrogens is 2. The van der Waals surface area contributed by atoms with Gasteiger partial charge in [0.25, 0.3) is 5.56 Å². The molecule has 0 aliphatic carbocycles. The maximum Gasteiger partial charge on any atom is 0.263 e. The highest BCUT2D eigenvalue weighted by atomic mass is 32.2. The molecule has 0 radical (unpaired) electrons. The summed E-state index contributed by atoms with van der Waals surface area (Å²) in [6, 6.07) is 10.3. The normalized spacial score (nSPS) is 16.7. The predicted molar refractivity (Wildman–Crippen MR) is 109 cm³/mol. The van der Waals surface area contributed by atoms with Gasteiger partial charge < -0.3 is 4.74 Å². The Morgan fingerprint density at radius 1 is 1.41 bits per heavy atom. The molecule has 27 heavy (non-hydrogen) atoms. The summed E-state index contributed by atoms with van der Waals surface area (Å²) in [5.41, 5.74) is 3.08. The summed E-state index contributed by atoms with van der Waals surface area (Å²) in [6.07, 6.45) is 1.99. The second-order valence-electron chi connectivity index (χ2n) is 6.59. The van der Waals surface area contributed by atoms with E-state index in [1.54, 1.807) is 4.57 Å². The topological polar surface area (TPSA) is 67.9 Å². The lowest BCUT2D eigenvalue weighted by atomic mass is 10.1. The number of nitriles is 1. The van der Waals surface area contributed by atoms with Gasteiger partial charge in [-0.3, -0.25) is 9.36 Å². The van der Waals surface area contributed by atoms with E-state index in [1.807, 2.05) is 36.6 Å². The zero-order valence-electron chi connectivity index (χ0n) is 15.0. The minimum absolute atomic E-state index is 0.0323. The molecule has 2 aromatic heterocycles. The Hall–Kier alpha value is -2.14. The summed E-state index contributed by atoms with van der Waals surface area (Å²) >= 11 is 2.78. The highest BCUT2D eigenvalue weighted by Gasteiger charge is 2.22. The molecule has 1 aromatic carbocycles. The van der Waals surface area contributed by atoms with Crippen LogP contribution in [0.1, 0.15) is 18.4 Å². The largest absolute Gasteiger partial charge is 0.376 e. The summed E-state index contributed by atoms with van der Waals surface area (Å²) in [5.74, 6) is 0.264. The van der Waals surface area contributed by atoms with Crippen molar-refractivity contribution >= 4 is 33.3 Å². The van der Waals surface area contributed by atoms with Crippen LogP contribution in [0.2, 0.25) is 0 Å². The number of thioether (sulfide) groups is 1. The Labute approximate surface area is 165 Å². The van der Waals surface area contributed by atoms with Gasteiger partial charge in [0, 0.05) is 17.6 Å². The van der Waals surface area contributed by atoms with Gasteiger partial charge in [0.15, 0.2) is 5.16 Å². The van der Waals surface area contributed by atoms with E-state index >= 15 is 0 Å². The second-order valence-corrected chi connectivity index (χ2v) is 8.39. The summed E-state index contributed by atoms with van der Waals surface area (Å²) < 4.78 is 7.43. The number of nitrogens with zero attached hydrogens (tertiary/aromatic N) is 3. The van der Waals surface area contributed by atoms with Crippen molar-refractivity contribution in [3.8, 4) is 17.2 Å². The van der Waals surface area contributed by atoms with Crippen LogP contribution in [-0.2, 0) is 11.3 Å². The maximum atomic E-state index is 13.4. The molecular weight excluding hydrogens is 378 g/mol. The van der Waals surface area contributed by atoms with Crippen LogP contribution < -0.4 is 5.56 Å². The Morgan fingerprint density at radius 3 is 2.93 bits per heavy atom. The number of benzene rings is 1. The number of aryl methyl sites for hydroxylation is 1. The number of hydrogen-bond acceptors (Lipinski definition) is 6. The first kappa shape index (κ1) is 18.2. The predicted octanol–water partition coefficient (Wildman–Crippen LogP) is 4.23. The molecule has 1 fully saturated rings. The third-order valence-corrected chi connectivity index (χ3v) is 6.41. The third-order valence-electron chi connectivity index (χ3n) is 4.70. The van der Waals surface area contributed by atoms with Crippen LogP contribution in [0.15, 0.2) is 39.6 Å². The van der Waals surface area contributed by atoms with Crippen molar-refractivity contribution < 1.29 is 4.74 Å². The van der Waals surface area contributed by atoms with Gasteiger partial charge in [-0.05, 0) is 25.3 Å². The Balaban J connectivity index is 1.85. The highest BCUT2D eigenvalue weighted by Crippen LogP contribution is 2.32. The molecule has 0 bridgehead atoms. The molecule has 3 aromatic rings. The quantitative estimate of drug-likeness (QED) is 0.476. The lowest BCUT2D eigenvalue weighted by Crippen LogP contribution is -2.28. The van der Waals surface area contributed by atoms with E-state index in [4.69, 9.17) is 15.0 Å². The number of hydrogen-bond donors (Lipinski definition) is 0. The molecular formula is C20H19N3O2S2. The molecule has 3 heterocycles. The minimum atomic E-state index is -0.0484. The smallest absolute Gasteiger partial charge is 0.263 e. The fourth-order valence-electron chi connectivity index (χ4n) is 3.31. The number of rotatable bonds is 5. The average molecular weight is 398 g/mol. The third kappa shape index (κ3) is 3.65. The molecule has 1 saturated heterocycles. The number of thiophene rings is 1. The van der Waals surface area contributed by atoms with Crippen molar-refractivity contribution in [1.82, 2.24) is 9.55 Å². The van der Waals surface area contributed by atoms with Crippen molar-refractivity contribution in [2.45, 2.75) is 37.6 Å². The molecule has 0 saturated carbocycles. The molecule has 5 nitrogen and oxygen atoms in total. The van der Waals surface area contributed by atoms with E-state index in [0.29, 0.717) is 17.1 Å². The van der Waals surface area contributed by atoms with Crippen LogP contribution in [-0.4, -0.2) is 28.0 Å². The SMILES string of the molecule is Cc1ccc(-c2csc3nc(SCC#N)n(C[C@@H]4CCCO4)c(=O)c23)cc1. The molecule has 1 aliphatic heterocycles. The molecule has 138 valence electrons. The number of fused-ring (bicyclic) bond motifs is 1. The van der Waals surface area contributed by atoms with Crippen LogP contribution in [0.3, 0.4) is 0 Å². The van der Waals surface area contributed by atoms with Crippen molar-refractivity contribution in [2.24, 2.45) is 0 Å². The van der Waals surface area contributed by atoms with E-state index in [2.05, 4.69) is 6.07 Å². The van der Waals surface area contributed by atoms with Gasteiger partial charge in [-0.25, -0.2) is 4.98 Å². The molecule has 0 unspecified atom stereocenters. The molecule has 0 spiro atoms. The fourth-order valence-corrected chi connectivity index (χ4v) is 4.97. The molecule has 0 amide bonds. The van der Waals surface area contributed by atoms with Crippen molar-refractivity contribution in [3.63, 3.8) is 0 Å². The van der Waals surface area contributed by atoms with Gasteiger partial charge in [0.05, 0.1) is 29.9 Å². The van der Waals surface area contributed by atoms with Gasteiger partial charge >= 0.3 is 0 Å². The summed E-state index contributed by atoms with van der Waals surface area (Å²) in [7, 11) is 0. The minimum Gasteiger partial charge on any atom is -0.376 e. The van der Waals surface area contributed by atoms with Crippen LogP contribution in [0, 0.1) is 18.3 Å². The zero-order chi connectivity index (χ0) is 18.8. The van der Waals surface area contributed by atoms with Crippen LogP contribution in [0.5, 0.6) is 0 Å². The van der Waals surface area contributed by atoms with Gasteiger partial charge in [-0.15, -0.1) is 11.3 Å². The van der Waals surface area contributed by atoms with Gasteiger partial charge in [-0.2, -0.15) is 5.26 Å². The van der Waals surface area contributed by atoms with Gasteiger partial charge in [0.2, 0.25) is 0 Å². The van der Waals surface area contributed by atoms with E-state index in [0.717, 1.165) is 35.4 Å². The fraction of sp³-hybridized carbons (Fsp3) is 0.350. The van der Waals surface area contributed by atoms with E-state index < -0.39 is 0 Å². The average Bonchev–Trinajstić information content (AvgIpc) is 3.33. The van der Waals surface area contributed by atoms with E-state index in [9.17, 15) is 4.79 Å². The maximum absolute atomic E-state index is 13.4. The lowest BCUT2D eigenvalue weighted by Gasteiger charge is -2.15. The molecule has 1 aliphatic rings. The van der Waals surface area contributed by atoms with Gasteiger partial charge in [0.1, 0.15) is 4.83 Å². The summed E-state index contributed by atoms with van der Waals surface area (Å²) in [4.78, 5) is 18.8. The Morgan fingerprint density at radius 2 is 2.22 bits per heavy atom. The van der Waals surface area contributed by atoms with Crippen LogP contribution in [0.4, 0.5) is 0 Å². The van der Waals surface area contributed by atoms with Crippen molar-refractivity contribution in [1.29, 1.82) is 5.26 Å². The van der Waals surface area contributed by atoms with Gasteiger partial charge in [-0.1, -0.05) is 41.6 Å². The first-order chi connectivity index (χ1) is 13.2. The van der Waals surface area contributed by atoms with E-state index in [-0.39, 0.29) is 17.4 Å². The summed E-state index contributed by atoms with van der Waals surface area (Å²) in [6.45, 7) is 3.27. The summed E-state index contributed by atoms with van der Waals surface area (Å²) in [5, 5.41) is 12.2. The molecule has 1 atom stereocenters. The van der Waals surface area contributed by atoms with Crippen molar-refractivity contribution in [3.05, 3.63) is 45.6 Å². The molecule has 0 N–H and O–H groups in total. The molecule has 4 rings (SSSR count). The van der Waals surface area contributed by atoms with Crippen LogP contribution >= 0.6 is 23.1 Å². The monoisotopic (exact) mass is 397 g/mol. The Kier molecular flexibility index (Phi) is 5.30. The second kappa shape index (κ2) is 7.85.